The number of nitrogens with one attached hydrogen (secondary N) is 2. The second-order valence-electron chi connectivity index (χ2n) is 5.93. The highest BCUT2D eigenvalue weighted by Gasteiger charge is 2.15. The lowest BCUT2D eigenvalue weighted by Gasteiger charge is -2.10. The Balaban J connectivity index is 2.14. The molecule has 0 spiro atoms. The molecule has 7 heteroatoms. The third-order valence-corrected chi connectivity index (χ3v) is 4.74. The van der Waals surface area contributed by atoms with Gasteiger partial charge in [-0.2, -0.15) is 5.26 Å². The molecule has 0 fully saturated rings. The number of carbonyl (C=O) groups is 1. The van der Waals surface area contributed by atoms with Crippen molar-refractivity contribution in [2.75, 3.05) is 11.3 Å². The Hall–Kier alpha value is -2.85. The van der Waals surface area contributed by atoms with Crippen LogP contribution in [0.25, 0.3) is 0 Å². The summed E-state index contributed by atoms with van der Waals surface area (Å²) in [6.07, 6.45) is 0. The van der Waals surface area contributed by atoms with Gasteiger partial charge >= 0.3 is 0 Å². The van der Waals surface area contributed by atoms with Gasteiger partial charge in [-0.1, -0.05) is 19.9 Å². The Morgan fingerprint density at radius 3 is 2.44 bits per heavy atom. The number of anilines is 1. The molecule has 0 unspecified atom stereocenters. The Labute approximate surface area is 147 Å². The molecule has 0 saturated carbocycles. The average molecular weight is 357 g/mol. The molecule has 2 aromatic rings. The van der Waals surface area contributed by atoms with E-state index in [0.29, 0.717) is 29.3 Å². The quantitative estimate of drug-likeness (QED) is 0.830. The molecule has 0 aliphatic heterocycles. The highest BCUT2D eigenvalue weighted by atomic mass is 32.2. The van der Waals surface area contributed by atoms with Crippen LogP contribution in [0.4, 0.5) is 5.69 Å². The Bertz CT molecular complexity index is 898. The number of amides is 1. The van der Waals surface area contributed by atoms with Gasteiger partial charge in [0, 0.05) is 12.1 Å². The molecule has 0 radical (unpaired) electrons. The minimum absolute atomic E-state index is 0.0373. The number of benzene rings is 2. The predicted octanol–water partition coefficient (Wildman–Crippen LogP) is 2.74. The minimum atomic E-state index is -3.80. The van der Waals surface area contributed by atoms with Crippen LogP contribution < -0.4 is 10.0 Å². The molecule has 0 aliphatic carbocycles. The Morgan fingerprint density at radius 2 is 1.84 bits per heavy atom. The summed E-state index contributed by atoms with van der Waals surface area (Å²) in [5.41, 5.74) is 1.06. The van der Waals surface area contributed by atoms with Crippen LogP contribution in [-0.4, -0.2) is 20.9 Å². The van der Waals surface area contributed by atoms with Gasteiger partial charge in [-0.3, -0.25) is 9.52 Å². The topological polar surface area (TPSA) is 99.1 Å². The van der Waals surface area contributed by atoms with Crippen LogP contribution in [0.2, 0.25) is 0 Å². The van der Waals surface area contributed by atoms with Gasteiger partial charge in [0.05, 0.1) is 22.2 Å². The summed E-state index contributed by atoms with van der Waals surface area (Å²) in [6, 6.07) is 13.8. The summed E-state index contributed by atoms with van der Waals surface area (Å²) < 4.78 is 27.2. The summed E-state index contributed by atoms with van der Waals surface area (Å²) in [7, 11) is -3.80. The molecular weight excluding hydrogens is 338 g/mol. The molecule has 0 aliphatic rings. The maximum atomic E-state index is 12.4. The van der Waals surface area contributed by atoms with E-state index in [1.54, 1.807) is 18.2 Å². The van der Waals surface area contributed by atoms with Crippen molar-refractivity contribution in [2.45, 2.75) is 18.7 Å². The maximum Gasteiger partial charge on any atom is 0.261 e. The van der Waals surface area contributed by atoms with E-state index in [1.165, 1.54) is 30.3 Å². The van der Waals surface area contributed by atoms with Crippen molar-refractivity contribution >= 4 is 21.6 Å². The van der Waals surface area contributed by atoms with E-state index in [1.807, 2.05) is 19.9 Å². The van der Waals surface area contributed by atoms with Gasteiger partial charge < -0.3 is 5.32 Å². The van der Waals surface area contributed by atoms with E-state index in [-0.39, 0.29) is 10.8 Å². The van der Waals surface area contributed by atoms with Crippen LogP contribution in [0.1, 0.15) is 29.8 Å². The van der Waals surface area contributed by atoms with Gasteiger partial charge in [0.1, 0.15) is 0 Å². The standard InChI is InChI=1S/C18H19N3O3S/c1-13(2)12-20-18(22)15-6-8-17(9-7-15)25(23,24)21-16-5-3-4-14(10-16)11-19/h3-10,13,21H,12H2,1-2H3,(H,20,22). The number of hydrogen-bond donors (Lipinski definition) is 2. The summed E-state index contributed by atoms with van der Waals surface area (Å²) in [5, 5.41) is 11.6. The van der Waals surface area contributed by atoms with Gasteiger partial charge in [-0.25, -0.2) is 8.42 Å². The van der Waals surface area contributed by atoms with E-state index in [9.17, 15) is 13.2 Å². The molecule has 2 N–H and O–H groups in total. The first-order chi connectivity index (χ1) is 11.8. The third kappa shape index (κ3) is 5.06. The fourth-order valence-electron chi connectivity index (χ4n) is 2.05. The van der Waals surface area contributed by atoms with E-state index in [0.717, 1.165) is 0 Å². The lowest BCUT2D eigenvalue weighted by molar-refractivity contribution is 0.0949. The first-order valence-corrected chi connectivity index (χ1v) is 9.21. The van der Waals surface area contributed by atoms with Crippen molar-refractivity contribution in [2.24, 2.45) is 5.92 Å². The molecular formula is C18H19N3O3S. The number of nitrogens with zero attached hydrogens (tertiary/aromatic N) is 1. The van der Waals surface area contributed by atoms with Crippen LogP contribution in [0.3, 0.4) is 0 Å². The SMILES string of the molecule is CC(C)CNC(=O)c1ccc(S(=O)(=O)Nc2cccc(C#N)c2)cc1. The lowest BCUT2D eigenvalue weighted by atomic mass is 10.2. The van der Waals surface area contributed by atoms with Gasteiger partial charge in [0.2, 0.25) is 0 Å². The zero-order valence-corrected chi connectivity index (χ0v) is 14.8. The monoisotopic (exact) mass is 357 g/mol. The van der Waals surface area contributed by atoms with E-state index < -0.39 is 10.0 Å². The average Bonchev–Trinajstić information content (AvgIpc) is 2.59. The second kappa shape index (κ2) is 7.81. The highest BCUT2D eigenvalue weighted by molar-refractivity contribution is 7.92. The smallest absolute Gasteiger partial charge is 0.261 e. The number of sulfonamides is 1. The van der Waals surface area contributed by atoms with Crippen molar-refractivity contribution in [3.05, 3.63) is 59.7 Å². The van der Waals surface area contributed by atoms with Crippen molar-refractivity contribution in [3.8, 4) is 6.07 Å². The predicted molar refractivity (Wildman–Crippen MR) is 95.6 cm³/mol. The summed E-state index contributed by atoms with van der Waals surface area (Å²) >= 11 is 0. The molecule has 2 aromatic carbocycles. The number of carbonyl (C=O) groups excluding carboxylic acids is 1. The normalized spacial score (nSPS) is 11.0. The van der Waals surface area contributed by atoms with Crippen molar-refractivity contribution in [3.63, 3.8) is 0 Å². The minimum Gasteiger partial charge on any atom is -0.352 e. The van der Waals surface area contributed by atoms with Crippen molar-refractivity contribution < 1.29 is 13.2 Å². The van der Waals surface area contributed by atoms with Gasteiger partial charge in [-0.15, -0.1) is 0 Å². The largest absolute Gasteiger partial charge is 0.352 e. The maximum absolute atomic E-state index is 12.4. The fraction of sp³-hybridized carbons (Fsp3) is 0.222. The van der Waals surface area contributed by atoms with Gasteiger partial charge in [0.25, 0.3) is 15.9 Å². The summed E-state index contributed by atoms with van der Waals surface area (Å²) in [4.78, 5) is 12.0. The molecule has 1 amide bonds. The van der Waals surface area contributed by atoms with Gasteiger partial charge in [-0.05, 0) is 48.4 Å². The molecule has 0 saturated heterocycles. The molecule has 2 rings (SSSR count). The number of rotatable bonds is 6. The van der Waals surface area contributed by atoms with Crippen LogP contribution >= 0.6 is 0 Å². The first kappa shape index (κ1) is 18.5. The lowest BCUT2D eigenvalue weighted by Crippen LogP contribution is -2.27. The van der Waals surface area contributed by atoms with Crippen molar-refractivity contribution in [1.29, 1.82) is 5.26 Å². The molecule has 6 nitrogen and oxygen atoms in total. The Morgan fingerprint density at radius 1 is 1.16 bits per heavy atom. The molecule has 0 atom stereocenters. The van der Waals surface area contributed by atoms with E-state index >= 15 is 0 Å². The summed E-state index contributed by atoms with van der Waals surface area (Å²) in [5.74, 6) is 0.0873. The molecule has 0 bridgehead atoms. The number of nitriles is 1. The van der Waals surface area contributed by atoms with Crippen LogP contribution in [-0.2, 0) is 10.0 Å². The number of hydrogen-bond acceptors (Lipinski definition) is 4. The van der Waals surface area contributed by atoms with Crippen LogP contribution in [0, 0.1) is 17.2 Å². The summed E-state index contributed by atoms with van der Waals surface area (Å²) in [6.45, 7) is 4.53. The second-order valence-corrected chi connectivity index (χ2v) is 7.61. The van der Waals surface area contributed by atoms with Crippen LogP contribution in [0.15, 0.2) is 53.4 Å². The molecule has 0 aromatic heterocycles. The molecule has 130 valence electrons. The zero-order chi connectivity index (χ0) is 18.4. The van der Waals surface area contributed by atoms with E-state index in [2.05, 4.69) is 10.0 Å². The fourth-order valence-corrected chi connectivity index (χ4v) is 3.10. The van der Waals surface area contributed by atoms with Crippen LogP contribution in [0.5, 0.6) is 0 Å². The third-order valence-electron chi connectivity index (χ3n) is 3.34. The van der Waals surface area contributed by atoms with Crippen molar-refractivity contribution in [1.82, 2.24) is 5.32 Å². The molecule has 0 heterocycles. The van der Waals surface area contributed by atoms with E-state index in [4.69, 9.17) is 5.26 Å². The Kier molecular flexibility index (Phi) is 5.78. The first-order valence-electron chi connectivity index (χ1n) is 7.73. The van der Waals surface area contributed by atoms with Gasteiger partial charge in [0.15, 0.2) is 0 Å². The highest BCUT2D eigenvalue weighted by Crippen LogP contribution is 2.17. The molecule has 25 heavy (non-hydrogen) atoms. The zero-order valence-electron chi connectivity index (χ0n) is 14.0.